The van der Waals surface area contributed by atoms with Crippen molar-refractivity contribution in [1.29, 1.82) is 0 Å². The average molecular weight is 438 g/mol. The van der Waals surface area contributed by atoms with Gasteiger partial charge in [-0.25, -0.2) is 4.68 Å². The predicted molar refractivity (Wildman–Crippen MR) is 121 cm³/mol. The highest BCUT2D eigenvalue weighted by atomic mass is 32.1. The van der Waals surface area contributed by atoms with Crippen LogP contribution in [0, 0.1) is 14.9 Å². The normalized spacial score (nSPS) is 14.5. The molecule has 1 aliphatic rings. The molecule has 2 aromatic heterocycles. The zero-order chi connectivity index (χ0) is 21.8. The van der Waals surface area contributed by atoms with Crippen LogP contribution in [-0.4, -0.2) is 55.3 Å². The van der Waals surface area contributed by atoms with Gasteiger partial charge in [0.15, 0.2) is 10.6 Å². The number of anilines is 1. The molecule has 1 aliphatic heterocycles. The van der Waals surface area contributed by atoms with E-state index in [-0.39, 0.29) is 10.6 Å². The molecule has 0 saturated carbocycles. The molecule has 10 heteroatoms. The van der Waals surface area contributed by atoms with Gasteiger partial charge in [0, 0.05) is 68.5 Å². The monoisotopic (exact) mass is 437 g/mol. The Morgan fingerprint density at radius 2 is 1.90 bits per heavy atom. The number of rotatable bonds is 7. The van der Waals surface area contributed by atoms with Gasteiger partial charge in [-0.05, 0) is 36.5 Å². The number of non-ortho nitro benzene ring substituents is 1. The zero-order valence-corrected chi connectivity index (χ0v) is 17.8. The fraction of sp³-hybridized carbons (Fsp3) is 0.286. The lowest BCUT2D eigenvalue weighted by Gasteiger charge is -2.35. The average Bonchev–Trinajstić information content (AvgIpc) is 3.10. The zero-order valence-electron chi connectivity index (χ0n) is 17.0. The Kier molecular flexibility index (Phi) is 6.19. The van der Waals surface area contributed by atoms with E-state index < -0.39 is 0 Å². The molecule has 0 bridgehead atoms. The quantitative estimate of drug-likeness (QED) is 0.242. The van der Waals surface area contributed by atoms with E-state index in [9.17, 15) is 10.1 Å². The van der Waals surface area contributed by atoms with E-state index >= 15 is 0 Å². The molecule has 0 spiro atoms. The van der Waals surface area contributed by atoms with Gasteiger partial charge in [-0.1, -0.05) is 6.08 Å². The topological polar surface area (TPSA) is 85.3 Å². The molecule has 0 amide bonds. The maximum Gasteiger partial charge on any atom is 0.269 e. The van der Waals surface area contributed by atoms with E-state index in [0.29, 0.717) is 18.0 Å². The van der Waals surface area contributed by atoms with Gasteiger partial charge in [-0.2, -0.15) is 5.10 Å². The summed E-state index contributed by atoms with van der Waals surface area (Å²) in [5, 5.41) is 15.6. The summed E-state index contributed by atoms with van der Waals surface area (Å²) < 4.78 is 4.46. The minimum atomic E-state index is -0.378. The summed E-state index contributed by atoms with van der Waals surface area (Å²) in [5.74, 6) is 0.780. The van der Waals surface area contributed by atoms with Crippen LogP contribution in [0.25, 0.3) is 11.4 Å². The van der Waals surface area contributed by atoms with Gasteiger partial charge in [-0.15, -0.1) is 6.58 Å². The van der Waals surface area contributed by atoms with Crippen LogP contribution < -0.4 is 4.90 Å². The molecule has 0 unspecified atom stereocenters. The third-order valence-corrected chi connectivity index (χ3v) is 5.72. The lowest BCUT2D eigenvalue weighted by molar-refractivity contribution is -0.384. The molecule has 1 aromatic carbocycles. The molecular weight excluding hydrogens is 414 g/mol. The summed E-state index contributed by atoms with van der Waals surface area (Å²) in [6.07, 6.45) is 5.33. The van der Waals surface area contributed by atoms with E-state index in [2.05, 4.69) is 21.4 Å². The van der Waals surface area contributed by atoms with Gasteiger partial charge in [0.2, 0.25) is 0 Å². The van der Waals surface area contributed by atoms with E-state index in [4.69, 9.17) is 17.3 Å². The summed E-state index contributed by atoms with van der Waals surface area (Å²) in [6, 6.07) is 10.6. The second kappa shape index (κ2) is 9.19. The number of nitro groups is 1. The number of hydrogen-bond acceptors (Lipinski definition) is 7. The Bertz CT molecular complexity index is 1120. The number of aromatic nitrogens is 4. The molecule has 3 aromatic rings. The van der Waals surface area contributed by atoms with Crippen molar-refractivity contribution in [3.05, 3.63) is 76.3 Å². The first-order valence-electron chi connectivity index (χ1n) is 9.97. The third-order valence-electron chi connectivity index (χ3n) is 5.29. The summed E-state index contributed by atoms with van der Waals surface area (Å²) >= 11 is 5.68. The number of benzene rings is 1. The fourth-order valence-corrected chi connectivity index (χ4v) is 3.92. The van der Waals surface area contributed by atoms with Crippen molar-refractivity contribution >= 4 is 23.6 Å². The number of pyridine rings is 1. The van der Waals surface area contributed by atoms with Gasteiger partial charge in [-0.3, -0.25) is 24.6 Å². The van der Waals surface area contributed by atoms with Crippen molar-refractivity contribution in [2.24, 2.45) is 0 Å². The molecule has 0 aliphatic carbocycles. The highest BCUT2D eigenvalue weighted by Crippen LogP contribution is 2.21. The van der Waals surface area contributed by atoms with Crippen molar-refractivity contribution < 1.29 is 4.92 Å². The van der Waals surface area contributed by atoms with Crippen molar-refractivity contribution in [3.8, 4) is 11.4 Å². The Hall–Kier alpha value is -3.37. The molecule has 160 valence electrons. The van der Waals surface area contributed by atoms with Gasteiger partial charge in [0.25, 0.3) is 5.69 Å². The molecule has 3 heterocycles. The van der Waals surface area contributed by atoms with Gasteiger partial charge >= 0.3 is 0 Å². The van der Waals surface area contributed by atoms with Crippen LogP contribution in [0.15, 0.2) is 61.4 Å². The molecule has 0 radical (unpaired) electrons. The van der Waals surface area contributed by atoms with E-state index in [1.54, 1.807) is 36.7 Å². The first-order chi connectivity index (χ1) is 15.1. The Morgan fingerprint density at radius 3 is 2.52 bits per heavy atom. The van der Waals surface area contributed by atoms with Crippen molar-refractivity contribution in [3.63, 3.8) is 0 Å². The second-order valence-electron chi connectivity index (χ2n) is 7.27. The minimum Gasteiger partial charge on any atom is -0.369 e. The standard InChI is InChI=1S/C21H23N7O2S/c1-2-10-26-20(17-4-3-9-22-15-17)23-27(21(26)31)16-24-11-13-25(14-12-24)18-5-7-19(8-6-18)28(29)30/h2-9,15H,1,10-14,16H2. The summed E-state index contributed by atoms with van der Waals surface area (Å²) in [5.41, 5.74) is 2.02. The lowest BCUT2D eigenvalue weighted by atomic mass is 10.2. The second-order valence-corrected chi connectivity index (χ2v) is 7.63. The Morgan fingerprint density at radius 1 is 1.16 bits per heavy atom. The Balaban J connectivity index is 1.45. The number of hydrogen-bond donors (Lipinski definition) is 0. The summed E-state index contributed by atoms with van der Waals surface area (Å²) in [4.78, 5) is 19.2. The van der Waals surface area contributed by atoms with Crippen LogP contribution in [0.4, 0.5) is 11.4 Å². The highest BCUT2D eigenvalue weighted by Gasteiger charge is 2.20. The van der Waals surface area contributed by atoms with Crippen LogP contribution in [0.2, 0.25) is 0 Å². The van der Waals surface area contributed by atoms with Crippen molar-refractivity contribution in [2.45, 2.75) is 13.2 Å². The first-order valence-corrected chi connectivity index (χ1v) is 10.4. The summed E-state index contributed by atoms with van der Waals surface area (Å²) in [7, 11) is 0. The Labute approximate surface area is 185 Å². The van der Waals surface area contributed by atoms with Crippen LogP contribution in [0.1, 0.15) is 0 Å². The number of piperazine rings is 1. The van der Waals surface area contributed by atoms with Crippen LogP contribution in [0.3, 0.4) is 0 Å². The van der Waals surface area contributed by atoms with Gasteiger partial charge in [0.1, 0.15) is 0 Å². The summed E-state index contributed by atoms with van der Waals surface area (Å²) in [6.45, 7) is 8.36. The van der Waals surface area contributed by atoms with Crippen LogP contribution in [0.5, 0.6) is 0 Å². The maximum atomic E-state index is 10.8. The molecular formula is C21H23N7O2S. The van der Waals surface area contributed by atoms with E-state index in [1.807, 2.05) is 27.5 Å². The number of allylic oxidation sites excluding steroid dienone is 1. The van der Waals surface area contributed by atoms with Crippen LogP contribution >= 0.6 is 12.2 Å². The lowest BCUT2D eigenvalue weighted by Crippen LogP contribution is -2.47. The molecule has 0 atom stereocenters. The fourth-order valence-electron chi connectivity index (χ4n) is 3.66. The molecule has 1 saturated heterocycles. The highest BCUT2D eigenvalue weighted by molar-refractivity contribution is 7.71. The molecule has 1 fully saturated rings. The van der Waals surface area contributed by atoms with Crippen molar-refractivity contribution in [2.75, 3.05) is 31.1 Å². The van der Waals surface area contributed by atoms with E-state index in [0.717, 1.165) is 43.3 Å². The van der Waals surface area contributed by atoms with Gasteiger partial charge < -0.3 is 4.90 Å². The van der Waals surface area contributed by atoms with E-state index in [1.165, 1.54) is 0 Å². The number of nitro benzene ring substituents is 1. The maximum absolute atomic E-state index is 10.8. The smallest absolute Gasteiger partial charge is 0.269 e. The third kappa shape index (κ3) is 4.54. The van der Waals surface area contributed by atoms with Crippen LogP contribution in [-0.2, 0) is 13.2 Å². The minimum absolute atomic E-state index is 0.108. The largest absolute Gasteiger partial charge is 0.369 e. The SMILES string of the molecule is C=CCn1c(-c2cccnc2)nn(CN2CCN(c3ccc([N+](=O)[O-])cc3)CC2)c1=S. The molecule has 31 heavy (non-hydrogen) atoms. The first kappa shape index (κ1) is 20.9. The molecule has 0 N–H and O–H groups in total. The van der Waals surface area contributed by atoms with Gasteiger partial charge in [0.05, 0.1) is 11.6 Å². The molecule has 9 nitrogen and oxygen atoms in total. The number of nitrogens with zero attached hydrogens (tertiary/aromatic N) is 7. The predicted octanol–water partition coefficient (Wildman–Crippen LogP) is 3.35. The van der Waals surface area contributed by atoms with Crippen molar-refractivity contribution in [1.82, 2.24) is 24.2 Å². The molecule has 4 rings (SSSR count).